The summed E-state index contributed by atoms with van der Waals surface area (Å²) in [6.07, 6.45) is 3.33. The van der Waals surface area contributed by atoms with Gasteiger partial charge in [-0.2, -0.15) is 0 Å². The first-order valence-electron chi connectivity index (χ1n) is 17.5. The van der Waals surface area contributed by atoms with Gasteiger partial charge in [-0.05, 0) is 88.5 Å². The summed E-state index contributed by atoms with van der Waals surface area (Å²) in [7, 11) is 0. The van der Waals surface area contributed by atoms with Crippen molar-refractivity contribution in [2.24, 2.45) is 10.8 Å². The average Bonchev–Trinajstić information content (AvgIpc) is 3.63. The highest BCUT2D eigenvalue weighted by Crippen LogP contribution is 2.49. The first-order chi connectivity index (χ1) is 23.5. The number of ether oxygens (including phenoxy) is 2. The molecule has 0 radical (unpaired) electrons. The molecule has 50 heavy (non-hydrogen) atoms. The van der Waals surface area contributed by atoms with Gasteiger partial charge in [0.15, 0.2) is 11.6 Å². The molecule has 2 aromatic heterocycles. The number of hydrogen-bond donors (Lipinski definition) is 2. The van der Waals surface area contributed by atoms with E-state index in [0.29, 0.717) is 59.4 Å². The molecule has 2 N–H and O–H groups in total. The third-order valence-electron chi connectivity index (χ3n) is 10.0. The third-order valence-corrected chi connectivity index (χ3v) is 12.1. The molecule has 0 amide bonds. The largest absolute Gasteiger partial charge is 0.462 e. The molecule has 0 fully saturated rings. The van der Waals surface area contributed by atoms with Crippen LogP contribution in [0.2, 0.25) is 0 Å². The van der Waals surface area contributed by atoms with Crippen molar-refractivity contribution in [3.8, 4) is 0 Å². The lowest BCUT2D eigenvalue weighted by molar-refractivity contribution is -0.142. The van der Waals surface area contributed by atoms with Crippen LogP contribution in [0.3, 0.4) is 0 Å². The quantitative estimate of drug-likeness (QED) is 0.198. The zero-order valence-corrected chi connectivity index (χ0v) is 32.0. The second-order valence-electron chi connectivity index (χ2n) is 15.7. The van der Waals surface area contributed by atoms with Gasteiger partial charge in [0.2, 0.25) is 0 Å². The summed E-state index contributed by atoms with van der Waals surface area (Å²) in [5.74, 6) is -1.67. The molecule has 266 valence electrons. The van der Waals surface area contributed by atoms with Crippen LogP contribution in [-0.4, -0.2) is 36.7 Å². The number of dihydropyridines is 2. The van der Waals surface area contributed by atoms with Gasteiger partial charge in [-0.1, -0.05) is 27.7 Å². The van der Waals surface area contributed by atoms with E-state index >= 15 is 0 Å². The maximum atomic E-state index is 13.7. The molecule has 2 aromatic rings. The maximum absolute atomic E-state index is 13.7. The van der Waals surface area contributed by atoms with Crippen LogP contribution < -0.4 is 10.6 Å². The normalized spacial score (nSPS) is 23.0. The van der Waals surface area contributed by atoms with Gasteiger partial charge in [0.05, 0.1) is 36.2 Å². The van der Waals surface area contributed by atoms with Crippen molar-refractivity contribution in [3.63, 3.8) is 0 Å². The standard InChI is InChI=1S/C40H48N2O6S2/c1-21-11-13-29(49-21)35-31(23(3)41-25-17-39(5,6)19-27(43)33(25)35)37(45)47-15-9-10-16-48-38(46)32-24(4)42-26-18-40(7,8)20-28(44)34(26)36(32)30-14-12-22(2)50-30/h11-14,35-36,41-42H,9-10,15-20H2,1-8H3. The number of carbonyl (C=O) groups is 4. The summed E-state index contributed by atoms with van der Waals surface area (Å²) >= 11 is 3.19. The van der Waals surface area contributed by atoms with Gasteiger partial charge < -0.3 is 20.1 Å². The predicted molar refractivity (Wildman–Crippen MR) is 197 cm³/mol. The first-order valence-corrected chi connectivity index (χ1v) is 19.1. The van der Waals surface area contributed by atoms with E-state index in [1.807, 2.05) is 52.0 Å². The molecule has 2 aliphatic heterocycles. The highest BCUT2D eigenvalue weighted by Gasteiger charge is 2.45. The molecule has 6 rings (SSSR count). The van der Waals surface area contributed by atoms with E-state index in [1.54, 1.807) is 22.7 Å². The number of ketones is 2. The molecule has 4 heterocycles. The third kappa shape index (κ3) is 7.19. The number of carbonyl (C=O) groups excluding carboxylic acids is 4. The Morgan fingerprint density at radius 1 is 0.660 bits per heavy atom. The molecule has 2 aliphatic carbocycles. The number of thiophene rings is 2. The van der Waals surface area contributed by atoms with Crippen LogP contribution in [0.5, 0.6) is 0 Å². The first kappa shape index (κ1) is 36.0. The minimum absolute atomic E-state index is 0.0681. The molecular formula is C40H48N2O6S2. The number of unbranched alkanes of at least 4 members (excludes halogenated alkanes) is 1. The number of esters is 2. The number of aryl methyl sites for hydroxylation is 2. The van der Waals surface area contributed by atoms with Crippen molar-refractivity contribution in [2.45, 2.75) is 106 Å². The molecule has 0 bridgehead atoms. The lowest BCUT2D eigenvalue weighted by atomic mass is 9.70. The Balaban J connectivity index is 1.09. The van der Waals surface area contributed by atoms with E-state index in [9.17, 15) is 19.2 Å². The van der Waals surface area contributed by atoms with Crippen molar-refractivity contribution in [3.05, 3.63) is 88.9 Å². The smallest absolute Gasteiger partial charge is 0.336 e. The van der Waals surface area contributed by atoms with Crippen LogP contribution >= 0.6 is 22.7 Å². The Morgan fingerprint density at radius 3 is 1.38 bits per heavy atom. The second kappa shape index (κ2) is 13.8. The van der Waals surface area contributed by atoms with Crippen molar-refractivity contribution < 1.29 is 28.7 Å². The lowest BCUT2D eigenvalue weighted by Gasteiger charge is -2.39. The van der Waals surface area contributed by atoms with E-state index < -0.39 is 23.8 Å². The lowest BCUT2D eigenvalue weighted by Crippen LogP contribution is -2.38. The number of nitrogens with one attached hydrogen (secondary N) is 2. The number of hydrogen-bond acceptors (Lipinski definition) is 10. The van der Waals surface area contributed by atoms with Crippen LogP contribution in [0.15, 0.2) is 69.3 Å². The SMILES string of the molecule is CC1=C(C(=O)OCCCCOC(=O)C2=C(C)NC3=C(C(=O)CC(C)(C)C3)C2c2ccc(C)s2)C(c2ccc(C)s2)C2=C(CC(C)(C)CC2=O)N1. The minimum Gasteiger partial charge on any atom is -0.462 e. The Labute approximate surface area is 303 Å². The fourth-order valence-electron chi connectivity index (χ4n) is 7.89. The highest BCUT2D eigenvalue weighted by molar-refractivity contribution is 7.12. The fourth-order valence-corrected chi connectivity index (χ4v) is 9.88. The van der Waals surface area contributed by atoms with E-state index in [2.05, 4.69) is 38.3 Å². The Hall–Kier alpha value is -3.76. The second-order valence-corrected chi connectivity index (χ2v) is 18.4. The summed E-state index contributed by atoms with van der Waals surface area (Å²) in [6, 6.07) is 8.06. The summed E-state index contributed by atoms with van der Waals surface area (Å²) < 4.78 is 11.6. The van der Waals surface area contributed by atoms with Crippen molar-refractivity contribution in [1.82, 2.24) is 10.6 Å². The van der Waals surface area contributed by atoms with Gasteiger partial charge >= 0.3 is 11.9 Å². The monoisotopic (exact) mass is 716 g/mol. The Kier molecular flexibility index (Phi) is 9.91. The van der Waals surface area contributed by atoms with E-state index in [0.717, 1.165) is 43.7 Å². The molecule has 0 saturated heterocycles. The summed E-state index contributed by atoms with van der Waals surface area (Å²) in [5.41, 5.74) is 5.21. The number of Topliss-reactive ketones (excluding diaryl/α,β-unsaturated/α-hetero) is 2. The van der Waals surface area contributed by atoms with Crippen molar-refractivity contribution in [2.75, 3.05) is 13.2 Å². The number of rotatable bonds is 9. The summed E-state index contributed by atoms with van der Waals surface area (Å²) in [4.78, 5) is 58.5. The molecule has 8 nitrogen and oxygen atoms in total. The highest BCUT2D eigenvalue weighted by atomic mass is 32.1. The van der Waals surface area contributed by atoms with E-state index in [1.165, 1.54) is 0 Å². The van der Waals surface area contributed by atoms with Crippen molar-refractivity contribution in [1.29, 1.82) is 0 Å². The van der Waals surface area contributed by atoms with Gasteiger partial charge in [-0.3, -0.25) is 9.59 Å². The number of allylic oxidation sites excluding steroid dienone is 6. The zero-order valence-electron chi connectivity index (χ0n) is 30.4. The fraction of sp³-hybridized carbons (Fsp3) is 0.500. The van der Waals surface area contributed by atoms with E-state index in [-0.39, 0.29) is 35.6 Å². The Bertz CT molecular complexity index is 1760. The summed E-state index contributed by atoms with van der Waals surface area (Å²) in [5, 5.41) is 6.78. The van der Waals surface area contributed by atoms with Crippen LogP contribution in [0.1, 0.15) is 111 Å². The maximum Gasteiger partial charge on any atom is 0.336 e. The van der Waals surface area contributed by atoms with Gasteiger partial charge in [-0.25, -0.2) is 9.59 Å². The molecule has 0 aromatic carbocycles. The van der Waals surface area contributed by atoms with Gasteiger partial charge in [0.1, 0.15) is 0 Å². The molecule has 2 unspecified atom stereocenters. The van der Waals surface area contributed by atoms with Crippen LogP contribution in [-0.2, 0) is 28.7 Å². The molecule has 0 saturated carbocycles. The van der Waals surface area contributed by atoms with Gasteiger partial charge in [0.25, 0.3) is 0 Å². The minimum atomic E-state index is -0.458. The molecule has 4 aliphatic rings. The van der Waals surface area contributed by atoms with Crippen LogP contribution in [0.4, 0.5) is 0 Å². The van der Waals surface area contributed by atoms with Crippen LogP contribution in [0.25, 0.3) is 0 Å². The molecule has 2 atom stereocenters. The van der Waals surface area contributed by atoms with Crippen LogP contribution in [0, 0.1) is 24.7 Å². The Morgan fingerprint density at radius 2 is 1.04 bits per heavy atom. The predicted octanol–water partition coefficient (Wildman–Crippen LogP) is 8.20. The summed E-state index contributed by atoms with van der Waals surface area (Å²) in [6.45, 7) is 16.5. The van der Waals surface area contributed by atoms with Crippen molar-refractivity contribution >= 4 is 46.2 Å². The zero-order chi connectivity index (χ0) is 36.1. The van der Waals surface area contributed by atoms with Gasteiger partial charge in [-0.15, -0.1) is 22.7 Å². The molecule has 0 spiro atoms. The average molecular weight is 717 g/mol. The molecule has 10 heteroatoms. The van der Waals surface area contributed by atoms with Gasteiger partial charge in [0, 0.05) is 66.3 Å². The van der Waals surface area contributed by atoms with E-state index in [4.69, 9.17) is 9.47 Å². The topological polar surface area (TPSA) is 111 Å². The molecular weight excluding hydrogens is 669 g/mol.